The molecule has 0 aliphatic carbocycles. The van der Waals surface area contributed by atoms with Crippen LogP contribution in [0.5, 0.6) is 5.75 Å². The van der Waals surface area contributed by atoms with E-state index in [1.54, 1.807) is 28.3 Å². The number of imidazole rings is 2. The lowest BCUT2D eigenvalue weighted by Gasteiger charge is -2.30. The standard InChI is InChI=1S/C44H52N8O9/c1-23(2)35(49-43(56)59-6)40(53)51-18-8-10-31(51)38-45-21-29(47-38)25-12-14-26(15-13-25)34-37(58-5)28-17-16-27(20-33(28)61-42(34)55)30-22-46-39(48-30)32-11-9-19-52(32)41(54)36(24(3)4)50-44(57)60-7/h12-17,20-24,31-32,35-36H,8-11,18-19H2,1-7H3,(H,45,47)(H,46,48)(H,49,56)(H,50,57)/t31-,32-,35-,36-/m0/s1. The highest BCUT2D eigenvalue weighted by Gasteiger charge is 2.39. The van der Waals surface area contributed by atoms with Crippen molar-refractivity contribution in [1.82, 2.24) is 40.4 Å². The Morgan fingerprint density at radius 3 is 1.67 bits per heavy atom. The van der Waals surface area contributed by atoms with Gasteiger partial charge in [0.05, 0.1) is 62.6 Å². The van der Waals surface area contributed by atoms with Crippen molar-refractivity contribution in [2.45, 2.75) is 77.5 Å². The molecule has 2 aliphatic heterocycles. The first-order valence-corrected chi connectivity index (χ1v) is 20.5. The molecule has 17 nitrogen and oxygen atoms in total. The zero-order valence-corrected chi connectivity index (χ0v) is 35.4. The number of hydrogen-bond acceptors (Lipinski definition) is 11. The highest BCUT2D eigenvalue weighted by molar-refractivity contribution is 5.93. The van der Waals surface area contributed by atoms with Gasteiger partial charge in [-0.2, -0.15) is 0 Å². The predicted octanol–water partition coefficient (Wildman–Crippen LogP) is 6.34. The predicted molar refractivity (Wildman–Crippen MR) is 225 cm³/mol. The number of rotatable bonds is 12. The molecule has 2 aliphatic rings. The number of methoxy groups -OCH3 is 3. The van der Waals surface area contributed by atoms with Gasteiger partial charge in [-0.05, 0) is 60.8 Å². The van der Waals surface area contributed by atoms with Crippen LogP contribution in [0.25, 0.3) is 44.6 Å². The molecule has 322 valence electrons. The summed E-state index contributed by atoms with van der Waals surface area (Å²) in [5.74, 6) is 0.947. The maximum atomic E-state index is 13.7. The Morgan fingerprint density at radius 1 is 0.721 bits per heavy atom. The Labute approximate surface area is 352 Å². The van der Waals surface area contributed by atoms with Gasteiger partial charge in [0.25, 0.3) is 0 Å². The number of H-pyrrole nitrogens is 2. The molecular formula is C44H52N8O9. The molecular weight excluding hydrogens is 785 g/mol. The number of benzene rings is 2. The highest BCUT2D eigenvalue weighted by Crippen LogP contribution is 2.38. The van der Waals surface area contributed by atoms with Crippen molar-refractivity contribution >= 4 is 35.0 Å². The number of ether oxygens (including phenoxy) is 3. The number of fused-ring (bicyclic) bond motifs is 1. The van der Waals surface area contributed by atoms with Gasteiger partial charge in [-0.3, -0.25) is 9.59 Å². The molecule has 5 heterocycles. The van der Waals surface area contributed by atoms with Crippen molar-refractivity contribution in [3.8, 4) is 39.4 Å². The second kappa shape index (κ2) is 17.9. The van der Waals surface area contributed by atoms with Crippen LogP contribution < -0.4 is 21.0 Å². The minimum Gasteiger partial charge on any atom is -0.495 e. The number of amides is 4. The van der Waals surface area contributed by atoms with Gasteiger partial charge in [-0.25, -0.2) is 24.4 Å². The van der Waals surface area contributed by atoms with Crippen LogP contribution in [0.3, 0.4) is 0 Å². The molecule has 61 heavy (non-hydrogen) atoms. The van der Waals surface area contributed by atoms with E-state index in [-0.39, 0.29) is 41.3 Å². The van der Waals surface area contributed by atoms with E-state index in [0.717, 1.165) is 36.1 Å². The van der Waals surface area contributed by atoms with E-state index in [2.05, 4.69) is 30.6 Å². The Kier molecular flexibility index (Phi) is 12.5. The fourth-order valence-electron chi connectivity index (χ4n) is 8.31. The summed E-state index contributed by atoms with van der Waals surface area (Å²) >= 11 is 0. The van der Waals surface area contributed by atoms with Crippen LogP contribution in [0.15, 0.2) is 64.1 Å². The first-order valence-electron chi connectivity index (χ1n) is 20.5. The Balaban J connectivity index is 1.09. The van der Waals surface area contributed by atoms with Crippen LogP contribution in [-0.4, -0.2) is 100 Å². The topological polar surface area (TPSA) is 214 Å². The van der Waals surface area contributed by atoms with Crippen LogP contribution >= 0.6 is 0 Å². The molecule has 0 bridgehead atoms. The largest absolute Gasteiger partial charge is 0.495 e. The van der Waals surface area contributed by atoms with Gasteiger partial charge in [-0.15, -0.1) is 0 Å². The molecule has 7 rings (SSSR count). The monoisotopic (exact) mass is 836 g/mol. The van der Waals surface area contributed by atoms with Crippen LogP contribution in [-0.2, 0) is 19.1 Å². The van der Waals surface area contributed by atoms with Crippen molar-refractivity contribution < 1.29 is 37.8 Å². The van der Waals surface area contributed by atoms with Crippen molar-refractivity contribution in [1.29, 1.82) is 0 Å². The Hall–Kier alpha value is -6.65. The molecule has 17 heteroatoms. The second-order valence-corrected chi connectivity index (χ2v) is 16.0. The van der Waals surface area contributed by atoms with Gasteiger partial charge in [0.1, 0.15) is 40.6 Å². The molecule has 5 aromatic rings. The molecule has 2 saturated heterocycles. The van der Waals surface area contributed by atoms with Gasteiger partial charge in [-0.1, -0.05) is 58.0 Å². The SMILES string of the molecule is COC(=O)N[C@H](C(=O)N1CCC[C@H]1c1ncc(-c2ccc(-c3c(OC)c4ccc(-c5cnc([C@@H]6CCCN6C(=O)[C@@H](NC(=O)OC)C(C)C)[nH]5)cc4oc3=O)cc2)[nH]1)C(C)C. The number of aromatic nitrogens is 4. The number of likely N-dealkylation sites (tertiary alicyclic amines) is 2. The smallest absolute Gasteiger partial charge is 0.407 e. The maximum absolute atomic E-state index is 13.7. The van der Waals surface area contributed by atoms with E-state index < -0.39 is 29.9 Å². The van der Waals surface area contributed by atoms with Crippen molar-refractivity contribution in [2.75, 3.05) is 34.4 Å². The first kappa shape index (κ1) is 42.5. The number of nitrogens with one attached hydrogen (secondary N) is 4. The molecule has 2 aromatic carbocycles. The number of nitrogens with zero attached hydrogens (tertiary/aromatic N) is 4. The van der Waals surface area contributed by atoms with Crippen LogP contribution in [0, 0.1) is 11.8 Å². The minimum absolute atomic E-state index is 0.145. The maximum Gasteiger partial charge on any atom is 0.407 e. The van der Waals surface area contributed by atoms with Crippen molar-refractivity contribution in [3.05, 3.63) is 76.9 Å². The fraction of sp³-hybridized carbons (Fsp3) is 0.432. The number of alkyl carbamates (subject to hydrolysis) is 2. The van der Waals surface area contributed by atoms with E-state index >= 15 is 0 Å². The van der Waals surface area contributed by atoms with Crippen molar-refractivity contribution in [2.24, 2.45) is 11.8 Å². The third-order valence-corrected chi connectivity index (χ3v) is 11.5. The number of carbonyl (C=O) groups excluding carboxylic acids is 4. The fourth-order valence-corrected chi connectivity index (χ4v) is 8.31. The third kappa shape index (κ3) is 8.54. The quantitative estimate of drug-likeness (QED) is 0.102. The van der Waals surface area contributed by atoms with E-state index in [1.165, 1.54) is 21.3 Å². The molecule has 3 aromatic heterocycles. The molecule has 0 spiro atoms. The zero-order valence-electron chi connectivity index (χ0n) is 35.4. The van der Waals surface area contributed by atoms with Crippen molar-refractivity contribution in [3.63, 3.8) is 0 Å². The summed E-state index contributed by atoms with van der Waals surface area (Å²) in [7, 11) is 4.05. The first-order chi connectivity index (χ1) is 29.3. The van der Waals surface area contributed by atoms with E-state index in [4.69, 9.17) is 18.6 Å². The molecule has 2 fully saturated rings. The van der Waals surface area contributed by atoms with Gasteiger partial charge >= 0.3 is 17.8 Å². The molecule has 4 amide bonds. The van der Waals surface area contributed by atoms with Gasteiger partial charge < -0.3 is 49.0 Å². The zero-order chi connectivity index (χ0) is 43.5. The number of hydrogen-bond donors (Lipinski definition) is 4. The van der Waals surface area contributed by atoms with Gasteiger partial charge in [0.15, 0.2) is 0 Å². The third-order valence-electron chi connectivity index (χ3n) is 11.5. The van der Waals surface area contributed by atoms with E-state index in [0.29, 0.717) is 59.1 Å². The molecule has 4 N–H and O–H groups in total. The molecule has 0 radical (unpaired) electrons. The van der Waals surface area contributed by atoms with Crippen LogP contribution in [0.4, 0.5) is 9.59 Å². The Bertz CT molecular complexity index is 2470. The van der Waals surface area contributed by atoms with Crippen LogP contribution in [0.1, 0.15) is 77.1 Å². The average Bonchev–Trinajstić information content (AvgIpc) is 4.10. The van der Waals surface area contributed by atoms with Gasteiger partial charge in [0.2, 0.25) is 11.8 Å². The van der Waals surface area contributed by atoms with E-state index in [9.17, 15) is 24.0 Å². The van der Waals surface area contributed by atoms with Crippen LogP contribution in [0.2, 0.25) is 0 Å². The lowest BCUT2D eigenvalue weighted by molar-refractivity contribution is -0.136. The number of carbonyl (C=O) groups is 4. The minimum atomic E-state index is -0.746. The average molecular weight is 837 g/mol. The van der Waals surface area contributed by atoms with E-state index in [1.807, 2.05) is 64.1 Å². The summed E-state index contributed by atoms with van der Waals surface area (Å²) in [6.45, 7) is 8.56. The second-order valence-electron chi connectivity index (χ2n) is 16.0. The summed E-state index contributed by atoms with van der Waals surface area (Å²) in [6.07, 6.45) is 5.11. The molecule has 0 unspecified atom stereocenters. The lowest BCUT2D eigenvalue weighted by Crippen LogP contribution is -2.51. The molecule has 0 saturated carbocycles. The summed E-state index contributed by atoms with van der Waals surface area (Å²) in [5, 5.41) is 5.95. The molecule has 4 atom stereocenters. The normalized spacial score (nSPS) is 17.5. The summed E-state index contributed by atoms with van der Waals surface area (Å²) in [5.41, 5.74) is 3.58. The lowest BCUT2D eigenvalue weighted by atomic mass is 10.0. The summed E-state index contributed by atoms with van der Waals surface area (Å²) in [4.78, 5) is 84.4. The summed E-state index contributed by atoms with van der Waals surface area (Å²) < 4.78 is 21.3. The highest BCUT2D eigenvalue weighted by atomic mass is 16.5. The summed E-state index contributed by atoms with van der Waals surface area (Å²) in [6, 6.07) is 10.8. The number of aromatic amines is 2. The van der Waals surface area contributed by atoms with Gasteiger partial charge in [0, 0.05) is 18.7 Å². The Morgan fingerprint density at radius 2 is 1.20 bits per heavy atom.